The molecule has 0 amide bonds. The molecule has 3 aromatic heterocycles. The number of hydrogen-bond acceptors (Lipinski definition) is 4. The van der Waals surface area contributed by atoms with E-state index in [1.165, 1.54) is 10.8 Å². The second-order valence-corrected chi connectivity index (χ2v) is 22.9. The molecule has 0 aliphatic rings. The first-order valence-corrected chi connectivity index (χ1v) is 23.7. The van der Waals surface area contributed by atoms with Crippen molar-refractivity contribution in [3.8, 4) is 34.4 Å². The van der Waals surface area contributed by atoms with Gasteiger partial charge in [0, 0.05) is 49.5 Å². The second-order valence-electron chi connectivity index (χ2n) is 16.9. The van der Waals surface area contributed by atoms with Crippen molar-refractivity contribution in [1.29, 1.82) is 5.26 Å². The first-order valence-electron chi connectivity index (χ1n) is 19.9. The molecule has 9 rings (SSSR count). The van der Waals surface area contributed by atoms with Crippen LogP contribution in [0.3, 0.4) is 0 Å². The SMILES string of the molecule is CC(C)(C)c1ccc(-n2c(-c3[c-]cc(C#N)c4c3sc3ccccc34)nc3c4ccccc4ccc32)cc1.[2H]C(C)(C)c1cc(-c2[c-]cccc2)ncc1[Si](C)(C)C.[Ir]. The van der Waals surface area contributed by atoms with Crippen LogP contribution >= 0.6 is 11.3 Å². The van der Waals surface area contributed by atoms with Gasteiger partial charge >= 0.3 is 0 Å². The van der Waals surface area contributed by atoms with Gasteiger partial charge in [0.2, 0.25) is 0 Å². The maximum Gasteiger partial charge on any atom is 0.0852 e. The molecule has 7 heteroatoms. The van der Waals surface area contributed by atoms with Gasteiger partial charge in [-0.3, -0.25) is 4.98 Å². The van der Waals surface area contributed by atoms with Gasteiger partial charge in [-0.2, -0.15) is 11.3 Å². The summed E-state index contributed by atoms with van der Waals surface area (Å²) in [5, 5.41) is 15.6. The van der Waals surface area contributed by atoms with Crippen LogP contribution in [0.5, 0.6) is 0 Å². The fourth-order valence-corrected chi connectivity index (χ4v) is 10.3. The van der Waals surface area contributed by atoms with E-state index >= 15 is 0 Å². The van der Waals surface area contributed by atoms with E-state index in [1.807, 2.05) is 62.5 Å². The third-order valence-electron chi connectivity index (χ3n) is 10.6. The van der Waals surface area contributed by atoms with Crippen LogP contribution in [0.1, 0.15) is 58.6 Å². The molecule has 0 N–H and O–H groups in total. The van der Waals surface area contributed by atoms with E-state index in [0.29, 0.717) is 5.56 Å². The molecule has 0 fully saturated rings. The number of rotatable bonds is 5. The minimum atomic E-state index is -1.50. The molecule has 0 bridgehead atoms. The van der Waals surface area contributed by atoms with Crippen LogP contribution in [0.4, 0.5) is 0 Å². The summed E-state index contributed by atoms with van der Waals surface area (Å²) < 4.78 is 12.9. The van der Waals surface area contributed by atoms with E-state index in [2.05, 4.69) is 147 Å². The van der Waals surface area contributed by atoms with Crippen molar-refractivity contribution in [3.63, 3.8) is 0 Å². The molecule has 0 aliphatic heterocycles. The van der Waals surface area contributed by atoms with E-state index in [4.69, 9.17) is 6.35 Å². The monoisotopic (exact) mass is 968 g/mol. The predicted octanol–water partition coefficient (Wildman–Crippen LogP) is 13.4. The summed E-state index contributed by atoms with van der Waals surface area (Å²) in [4.78, 5) is 9.90. The molecule has 0 saturated carbocycles. The summed E-state index contributed by atoms with van der Waals surface area (Å²) >= 11 is 1.70. The molecule has 58 heavy (non-hydrogen) atoms. The number of imidazole rings is 1. The van der Waals surface area contributed by atoms with Crippen LogP contribution in [-0.2, 0) is 25.5 Å². The fourth-order valence-electron chi connectivity index (χ4n) is 7.54. The van der Waals surface area contributed by atoms with Gasteiger partial charge in [-0.1, -0.05) is 138 Å². The van der Waals surface area contributed by atoms with Gasteiger partial charge in [0.15, 0.2) is 0 Å². The summed E-state index contributed by atoms with van der Waals surface area (Å²) in [6.07, 6.45) is 1.98. The van der Waals surface area contributed by atoms with Crippen molar-refractivity contribution in [2.75, 3.05) is 0 Å². The third-order valence-corrected chi connectivity index (χ3v) is 13.8. The number of thiophene rings is 1. The van der Waals surface area contributed by atoms with E-state index in [9.17, 15) is 5.26 Å². The van der Waals surface area contributed by atoms with E-state index in [0.717, 1.165) is 75.9 Å². The van der Waals surface area contributed by atoms with E-state index in [-0.39, 0.29) is 25.5 Å². The largest absolute Gasteiger partial charge is 0.333 e. The summed E-state index contributed by atoms with van der Waals surface area (Å²) in [6.45, 7) is 17.5. The summed E-state index contributed by atoms with van der Waals surface area (Å²) in [5.74, 6) is 0.225. The molecule has 0 saturated heterocycles. The number of nitriles is 1. The quantitative estimate of drug-likeness (QED) is 0.128. The van der Waals surface area contributed by atoms with Crippen LogP contribution in [0.2, 0.25) is 19.6 Å². The average Bonchev–Trinajstić information content (AvgIpc) is 3.80. The maximum absolute atomic E-state index is 9.95. The van der Waals surface area contributed by atoms with Gasteiger partial charge in [0.1, 0.15) is 0 Å². The average molecular weight is 968 g/mol. The van der Waals surface area contributed by atoms with Crippen molar-refractivity contribution in [2.45, 2.75) is 65.6 Å². The zero-order valence-corrected chi connectivity index (χ0v) is 38.4. The number of pyridine rings is 1. The summed E-state index contributed by atoms with van der Waals surface area (Å²) in [7, 11) is -1.50. The van der Waals surface area contributed by atoms with Crippen LogP contribution in [-0.4, -0.2) is 22.6 Å². The molecule has 0 unspecified atom stereocenters. The number of nitrogens with zero attached hydrogens (tertiary/aromatic N) is 4. The molecule has 1 radical (unpaired) electrons. The van der Waals surface area contributed by atoms with Crippen molar-refractivity contribution in [3.05, 3.63) is 156 Å². The van der Waals surface area contributed by atoms with Gasteiger partial charge in [-0.25, -0.2) is 5.26 Å². The topological polar surface area (TPSA) is 54.5 Å². The zero-order chi connectivity index (χ0) is 41.0. The van der Waals surface area contributed by atoms with Crippen molar-refractivity contribution >= 4 is 66.6 Å². The smallest absolute Gasteiger partial charge is 0.0852 e. The molecule has 0 spiro atoms. The molecule has 3 heterocycles. The van der Waals surface area contributed by atoms with Crippen molar-refractivity contribution in [2.24, 2.45) is 0 Å². The molecule has 0 atom stereocenters. The van der Waals surface area contributed by atoms with Crippen LogP contribution in [0, 0.1) is 23.5 Å². The third kappa shape index (κ3) is 7.71. The fraction of sp³-hybridized carbons (Fsp3) is 0.196. The van der Waals surface area contributed by atoms with Gasteiger partial charge < -0.3 is 9.55 Å². The Morgan fingerprint density at radius 1 is 0.862 bits per heavy atom. The van der Waals surface area contributed by atoms with Crippen LogP contribution in [0.25, 0.3) is 70.3 Å². The Hall–Kier alpha value is -5.22. The molecule has 291 valence electrons. The number of fused-ring (bicyclic) bond motifs is 6. The predicted molar refractivity (Wildman–Crippen MR) is 245 cm³/mol. The summed E-state index contributed by atoms with van der Waals surface area (Å²) in [6, 6.07) is 50.6. The molecular formula is C51H46IrN4SSi-2. The van der Waals surface area contributed by atoms with Crippen molar-refractivity contribution in [1.82, 2.24) is 14.5 Å². The van der Waals surface area contributed by atoms with Gasteiger partial charge in [0.25, 0.3) is 0 Å². The van der Waals surface area contributed by atoms with Crippen LogP contribution < -0.4 is 5.19 Å². The number of hydrogen-bond donors (Lipinski definition) is 0. The maximum atomic E-state index is 9.95. The van der Waals surface area contributed by atoms with E-state index < -0.39 is 14.0 Å². The Morgan fingerprint density at radius 2 is 1.57 bits per heavy atom. The van der Waals surface area contributed by atoms with Gasteiger partial charge in [0.05, 0.1) is 24.9 Å². The first kappa shape index (κ1) is 39.6. The standard InChI is InChI=1S/C34H24N3S.C17H22NSi.Ir/c1-34(2,3)23-14-16-24(17-15-23)37-28-19-13-21-8-4-5-9-25(21)31(28)36-33(37)27-18-12-22(20-35)30-26-10-6-7-11-29(26)38-32(27)30;1-13(2)15-11-16(14-9-7-6-8-10-14)18-12-17(15)19(3,4)5;/h4-17,19H,1-3H3;6-9,11-13H,1-5H3;/q2*-1;/i;13D;. The van der Waals surface area contributed by atoms with Crippen LogP contribution in [0.15, 0.2) is 128 Å². The van der Waals surface area contributed by atoms with Gasteiger partial charge in [-0.05, 0) is 73.1 Å². The Balaban J connectivity index is 0.000000214. The minimum absolute atomic E-state index is 0. The molecule has 0 aliphatic carbocycles. The Morgan fingerprint density at radius 3 is 2.24 bits per heavy atom. The Labute approximate surface area is 362 Å². The van der Waals surface area contributed by atoms with Crippen molar-refractivity contribution < 1.29 is 21.5 Å². The molecule has 9 aromatic rings. The second kappa shape index (κ2) is 16.2. The number of aromatic nitrogens is 3. The normalized spacial score (nSPS) is 12.2. The molecule has 6 aromatic carbocycles. The Kier molecular flexibility index (Phi) is 11.1. The van der Waals surface area contributed by atoms with Gasteiger partial charge in [-0.15, -0.1) is 48.0 Å². The molecular weight excluding hydrogens is 921 g/mol. The zero-order valence-electron chi connectivity index (χ0n) is 35.2. The number of benzene rings is 6. The van der Waals surface area contributed by atoms with E-state index in [1.54, 1.807) is 11.3 Å². The molecule has 4 nitrogen and oxygen atoms in total. The summed E-state index contributed by atoms with van der Waals surface area (Å²) in [5.41, 5.74) is 8.97. The minimum Gasteiger partial charge on any atom is -0.333 e. The first-order chi connectivity index (χ1) is 27.6. The Bertz CT molecular complexity index is 3020.